The quantitative estimate of drug-likeness (QED) is 0.743. The Hall–Kier alpha value is -2.16. The Labute approximate surface area is 99.6 Å². The molecule has 0 aliphatic carbocycles. The fraction of sp³-hybridized carbons (Fsp3) is 0.143. The van der Waals surface area contributed by atoms with Crippen LogP contribution in [0.5, 0.6) is 17.2 Å². The van der Waals surface area contributed by atoms with Gasteiger partial charge in [0.2, 0.25) is 0 Å². The molecular weight excluding hydrogens is 216 g/mol. The molecule has 0 aromatic heterocycles. The highest BCUT2D eigenvalue weighted by Gasteiger charge is 2.10. The highest BCUT2D eigenvalue weighted by molar-refractivity contribution is 5.76. The van der Waals surface area contributed by atoms with Crippen LogP contribution in [0.2, 0.25) is 0 Å². The molecule has 0 fully saturated rings. The van der Waals surface area contributed by atoms with E-state index in [2.05, 4.69) is 0 Å². The van der Waals surface area contributed by atoms with Gasteiger partial charge < -0.3 is 15.3 Å². The van der Waals surface area contributed by atoms with Crippen molar-refractivity contribution in [3.63, 3.8) is 0 Å². The summed E-state index contributed by atoms with van der Waals surface area (Å²) in [6, 6.07) is 9.61. The maximum atomic E-state index is 9.80. The lowest BCUT2D eigenvalue weighted by Crippen LogP contribution is -1.85. The fourth-order valence-electron chi connectivity index (χ4n) is 1.77. The van der Waals surface area contributed by atoms with Gasteiger partial charge in [-0.3, -0.25) is 0 Å². The van der Waals surface area contributed by atoms with Gasteiger partial charge in [-0.25, -0.2) is 0 Å². The maximum absolute atomic E-state index is 9.80. The van der Waals surface area contributed by atoms with Gasteiger partial charge in [-0.05, 0) is 36.2 Å². The van der Waals surface area contributed by atoms with Crippen LogP contribution in [-0.2, 0) is 6.42 Å². The summed E-state index contributed by atoms with van der Waals surface area (Å²) >= 11 is 0. The SMILES string of the molecule is CCc1ccc(O)c(-c2ccc(O)cc2O)c1. The Kier molecular flexibility index (Phi) is 2.91. The van der Waals surface area contributed by atoms with E-state index in [0.717, 1.165) is 12.0 Å². The first-order chi connectivity index (χ1) is 8.11. The summed E-state index contributed by atoms with van der Waals surface area (Å²) in [6.07, 6.45) is 0.853. The number of phenols is 3. The van der Waals surface area contributed by atoms with Crippen molar-refractivity contribution in [2.45, 2.75) is 13.3 Å². The Bertz CT molecular complexity index is 547. The largest absolute Gasteiger partial charge is 0.508 e. The number of aryl methyl sites for hydroxylation is 1. The number of aromatic hydroxyl groups is 3. The molecule has 0 atom stereocenters. The summed E-state index contributed by atoms with van der Waals surface area (Å²) in [4.78, 5) is 0. The molecule has 0 unspecified atom stereocenters. The first-order valence-corrected chi connectivity index (χ1v) is 5.46. The Balaban J connectivity index is 2.59. The third kappa shape index (κ3) is 2.18. The molecule has 0 aliphatic rings. The molecule has 0 radical (unpaired) electrons. The van der Waals surface area contributed by atoms with Crippen LogP contribution in [-0.4, -0.2) is 15.3 Å². The summed E-state index contributed by atoms with van der Waals surface area (Å²) in [6.45, 7) is 2.02. The van der Waals surface area contributed by atoms with Crippen LogP contribution in [0, 0.1) is 0 Å². The Morgan fingerprint density at radius 1 is 0.824 bits per heavy atom. The molecular formula is C14H14O3. The van der Waals surface area contributed by atoms with Crippen molar-refractivity contribution in [2.24, 2.45) is 0 Å². The first kappa shape index (κ1) is 11.3. The van der Waals surface area contributed by atoms with Gasteiger partial charge in [-0.2, -0.15) is 0 Å². The van der Waals surface area contributed by atoms with Crippen molar-refractivity contribution in [3.05, 3.63) is 42.0 Å². The third-order valence-electron chi connectivity index (χ3n) is 2.74. The van der Waals surface area contributed by atoms with Crippen LogP contribution in [0.3, 0.4) is 0 Å². The number of hydrogen-bond acceptors (Lipinski definition) is 3. The first-order valence-electron chi connectivity index (χ1n) is 5.46. The maximum Gasteiger partial charge on any atom is 0.127 e. The van der Waals surface area contributed by atoms with Crippen molar-refractivity contribution in [3.8, 4) is 28.4 Å². The van der Waals surface area contributed by atoms with E-state index in [0.29, 0.717) is 11.1 Å². The lowest BCUT2D eigenvalue weighted by molar-refractivity contribution is 0.450. The van der Waals surface area contributed by atoms with Gasteiger partial charge in [0.25, 0.3) is 0 Å². The van der Waals surface area contributed by atoms with E-state index in [9.17, 15) is 15.3 Å². The van der Waals surface area contributed by atoms with Crippen molar-refractivity contribution in [1.29, 1.82) is 0 Å². The molecule has 0 spiro atoms. The molecule has 3 nitrogen and oxygen atoms in total. The molecule has 0 amide bonds. The minimum Gasteiger partial charge on any atom is -0.508 e. The van der Waals surface area contributed by atoms with Gasteiger partial charge in [0.1, 0.15) is 17.2 Å². The van der Waals surface area contributed by atoms with Gasteiger partial charge in [-0.15, -0.1) is 0 Å². The summed E-state index contributed by atoms with van der Waals surface area (Å²) < 4.78 is 0. The van der Waals surface area contributed by atoms with E-state index in [1.807, 2.05) is 19.1 Å². The fourth-order valence-corrected chi connectivity index (χ4v) is 1.77. The van der Waals surface area contributed by atoms with Gasteiger partial charge in [0, 0.05) is 17.2 Å². The average Bonchev–Trinajstić information content (AvgIpc) is 2.30. The number of rotatable bonds is 2. The molecule has 3 heteroatoms. The molecule has 88 valence electrons. The normalized spacial score (nSPS) is 10.4. The minimum atomic E-state index is -0.0476. The predicted octanol–water partition coefficient (Wildman–Crippen LogP) is 3.03. The number of benzene rings is 2. The average molecular weight is 230 g/mol. The molecule has 2 aromatic rings. The topological polar surface area (TPSA) is 60.7 Å². The zero-order valence-electron chi connectivity index (χ0n) is 9.51. The zero-order valence-corrected chi connectivity index (χ0v) is 9.51. The van der Waals surface area contributed by atoms with Crippen LogP contribution in [0.15, 0.2) is 36.4 Å². The van der Waals surface area contributed by atoms with Crippen LogP contribution in [0.4, 0.5) is 0 Å². The molecule has 3 N–H and O–H groups in total. The van der Waals surface area contributed by atoms with Crippen LogP contribution < -0.4 is 0 Å². The van der Waals surface area contributed by atoms with Gasteiger partial charge in [0.15, 0.2) is 0 Å². The van der Waals surface area contributed by atoms with E-state index < -0.39 is 0 Å². The Morgan fingerprint density at radius 2 is 1.59 bits per heavy atom. The second kappa shape index (κ2) is 4.37. The van der Waals surface area contributed by atoms with Crippen LogP contribution >= 0.6 is 0 Å². The van der Waals surface area contributed by atoms with E-state index in [4.69, 9.17) is 0 Å². The Morgan fingerprint density at radius 3 is 2.24 bits per heavy atom. The molecule has 0 aliphatic heterocycles. The highest BCUT2D eigenvalue weighted by atomic mass is 16.3. The van der Waals surface area contributed by atoms with E-state index in [-0.39, 0.29) is 17.2 Å². The predicted molar refractivity (Wildman–Crippen MR) is 66.3 cm³/mol. The molecule has 17 heavy (non-hydrogen) atoms. The smallest absolute Gasteiger partial charge is 0.127 e. The third-order valence-corrected chi connectivity index (χ3v) is 2.74. The second-order valence-electron chi connectivity index (χ2n) is 3.91. The van der Waals surface area contributed by atoms with E-state index in [1.54, 1.807) is 12.1 Å². The molecule has 0 saturated carbocycles. The van der Waals surface area contributed by atoms with Gasteiger partial charge in [-0.1, -0.05) is 13.0 Å². The zero-order chi connectivity index (χ0) is 12.4. The van der Waals surface area contributed by atoms with Gasteiger partial charge >= 0.3 is 0 Å². The van der Waals surface area contributed by atoms with Crippen LogP contribution in [0.25, 0.3) is 11.1 Å². The summed E-state index contributed by atoms with van der Waals surface area (Å²) in [5.74, 6) is 0.0640. The number of hydrogen-bond donors (Lipinski definition) is 3. The van der Waals surface area contributed by atoms with E-state index >= 15 is 0 Å². The molecule has 0 bridgehead atoms. The van der Waals surface area contributed by atoms with Crippen molar-refractivity contribution in [1.82, 2.24) is 0 Å². The molecule has 2 aromatic carbocycles. The summed E-state index contributed by atoms with van der Waals surface area (Å²) in [5.41, 5.74) is 2.16. The molecule has 0 saturated heterocycles. The van der Waals surface area contributed by atoms with Crippen molar-refractivity contribution < 1.29 is 15.3 Å². The summed E-state index contributed by atoms with van der Waals surface area (Å²) in [5, 5.41) is 28.8. The van der Waals surface area contributed by atoms with Gasteiger partial charge in [0.05, 0.1) is 0 Å². The second-order valence-corrected chi connectivity index (χ2v) is 3.91. The molecule has 0 heterocycles. The van der Waals surface area contributed by atoms with Crippen LogP contribution in [0.1, 0.15) is 12.5 Å². The minimum absolute atomic E-state index is 0.00242. The lowest BCUT2D eigenvalue weighted by atomic mass is 10.00. The van der Waals surface area contributed by atoms with E-state index in [1.165, 1.54) is 12.1 Å². The standard InChI is InChI=1S/C14H14O3/c1-2-9-3-6-13(16)12(7-9)11-5-4-10(15)8-14(11)17/h3-8,15-17H,2H2,1H3. The summed E-state index contributed by atoms with van der Waals surface area (Å²) in [7, 11) is 0. The highest BCUT2D eigenvalue weighted by Crippen LogP contribution is 2.37. The monoisotopic (exact) mass is 230 g/mol. The molecule has 2 rings (SSSR count). The lowest BCUT2D eigenvalue weighted by Gasteiger charge is -2.09. The number of phenolic OH excluding ortho intramolecular Hbond substituents is 3. The van der Waals surface area contributed by atoms with Crippen molar-refractivity contribution in [2.75, 3.05) is 0 Å². The van der Waals surface area contributed by atoms with Crippen molar-refractivity contribution >= 4 is 0 Å².